The molecular formula is C21H20N2O6. The number of ether oxygens (including phenoxy) is 1. The smallest absolute Gasteiger partial charge is 0.343 e. The van der Waals surface area contributed by atoms with Gasteiger partial charge >= 0.3 is 5.97 Å². The third-order valence-corrected chi connectivity index (χ3v) is 4.71. The van der Waals surface area contributed by atoms with E-state index < -0.39 is 28.3 Å². The molecule has 0 bridgehead atoms. The summed E-state index contributed by atoms with van der Waals surface area (Å²) in [7, 11) is 0. The van der Waals surface area contributed by atoms with Crippen LogP contribution in [0.4, 0.5) is 11.4 Å². The molecule has 8 heteroatoms. The first-order chi connectivity index (χ1) is 13.8. The second-order valence-corrected chi connectivity index (χ2v) is 6.74. The van der Waals surface area contributed by atoms with Gasteiger partial charge in [0.25, 0.3) is 5.69 Å². The molecule has 150 valence electrons. The molecule has 2 unspecified atom stereocenters. The lowest BCUT2D eigenvalue weighted by Gasteiger charge is -2.27. The molecule has 1 aliphatic rings. The maximum atomic E-state index is 12.7. The molecule has 0 spiro atoms. The van der Waals surface area contributed by atoms with Gasteiger partial charge in [0.1, 0.15) is 5.92 Å². The number of nitro groups is 1. The molecule has 1 heterocycles. The van der Waals surface area contributed by atoms with Gasteiger partial charge in [0.05, 0.1) is 11.5 Å². The number of rotatable bonds is 6. The zero-order chi connectivity index (χ0) is 21.2. The monoisotopic (exact) mass is 396 g/mol. The Morgan fingerprint density at radius 2 is 2.00 bits per heavy atom. The molecule has 2 atom stereocenters. The van der Waals surface area contributed by atoms with Gasteiger partial charge in [-0.1, -0.05) is 23.8 Å². The molecule has 0 radical (unpaired) electrons. The zero-order valence-corrected chi connectivity index (χ0v) is 15.9. The van der Waals surface area contributed by atoms with Crippen molar-refractivity contribution in [3.05, 3.63) is 75.3 Å². The summed E-state index contributed by atoms with van der Waals surface area (Å²) in [5.41, 5.74) is 0.0799. The normalized spacial score (nSPS) is 17.5. The highest BCUT2D eigenvalue weighted by Gasteiger charge is 2.51. The molecule has 2 aromatic rings. The average Bonchev–Trinajstić information content (AvgIpc) is 3.02. The molecule has 0 aliphatic carbocycles. The zero-order valence-electron chi connectivity index (χ0n) is 15.9. The Kier molecular flexibility index (Phi) is 5.47. The van der Waals surface area contributed by atoms with Gasteiger partial charge in [0.2, 0.25) is 5.91 Å². The molecular weight excluding hydrogens is 376 g/mol. The lowest BCUT2D eigenvalue weighted by Crippen LogP contribution is -2.46. The van der Waals surface area contributed by atoms with Crippen molar-refractivity contribution >= 4 is 29.3 Å². The highest BCUT2D eigenvalue weighted by Crippen LogP contribution is 2.41. The summed E-state index contributed by atoms with van der Waals surface area (Å²) >= 11 is 0. The van der Waals surface area contributed by atoms with E-state index in [4.69, 9.17) is 4.74 Å². The fourth-order valence-corrected chi connectivity index (χ4v) is 3.28. The number of fused-ring (bicyclic) bond motifs is 1. The number of carbonyl (C=O) groups excluding carboxylic acids is 2. The van der Waals surface area contributed by atoms with E-state index in [1.165, 1.54) is 36.4 Å². The van der Waals surface area contributed by atoms with Gasteiger partial charge in [-0.05, 0) is 49.2 Å². The van der Waals surface area contributed by atoms with Crippen LogP contribution in [0.5, 0.6) is 0 Å². The van der Waals surface area contributed by atoms with Crippen LogP contribution in [0.15, 0.2) is 48.5 Å². The van der Waals surface area contributed by atoms with Gasteiger partial charge in [-0.2, -0.15) is 0 Å². The van der Waals surface area contributed by atoms with E-state index in [2.05, 4.69) is 5.32 Å². The Labute approximate surface area is 167 Å². The van der Waals surface area contributed by atoms with Crippen molar-refractivity contribution in [3.8, 4) is 0 Å². The van der Waals surface area contributed by atoms with Gasteiger partial charge < -0.3 is 15.2 Å². The van der Waals surface area contributed by atoms with Crippen molar-refractivity contribution in [2.24, 2.45) is 0 Å². The number of nitrogens with zero attached hydrogens (tertiary/aromatic N) is 1. The molecule has 1 aliphatic heterocycles. The number of nitro benzene ring substituents is 1. The molecule has 0 fully saturated rings. The highest BCUT2D eigenvalue weighted by atomic mass is 16.6. The number of aliphatic hydroxyl groups is 1. The number of hydrogen-bond donors (Lipinski definition) is 2. The number of carbonyl (C=O) groups is 2. The number of amides is 1. The number of anilines is 1. The third-order valence-electron chi connectivity index (χ3n) is 4.71. The Hall–Kier alpha value is -3.52. The van der Waals surface area contributed by atoms with Crippen molar-refractivity contribution in [2.75, 3.05) is 11.9 Å². The first-order valence-electron chi connectivity index (χ1n) is 9.01. The Morgan fingerprint density at radius 1 is 1.31 bits per heavy atom. The van der Waals surface area contributed by atoms with Gasteiger partial charge in [-0.15, -0.1) is 0 Å². The molecule has 3 rings (SSSR count). The minimum Gasteiger partial charge on any atom is -0.464 e. The van der Waals surface area contributed by atoms with Crippen LogP contribution in [0.25, 0.3) is 6.08 Å². The summed E-state index contributed by atoms with van der Waals surface area (Å²) in [6, 6.07) is 10.8. The first kappa shape index (κ1) is 20.2. The number of nitrogens with one attached hydrogen (secondary N) is 1. The maximum Gasteiger partial charge on any atom is 0.343 e. The van der Waals surface area contributed by atoms with Crippen molar-refractivity contribution < 1.29 is 24.4 Å². The Balaban J connectivity index is 2.03. The average molecular weight is 396 g/mol. The molecule has 2 N–H and O–H groups in total. The second kappa shape index (κ2) is 7.84. The number of non-ortho nitro benzene ring substituents is 1. The molecule has 0 aromatic heterocycles. The summed E-state index contributed by atoms with van der Waals surface area (Å²) in [4.78, 5) is 35.6. The molecule has 2 aromatic carbocycles. The van der Waals surface area contributed by atoms with Gasteiger partial charge in [-0.25, -0.2) is 4.79 Å². The van der Waals surface area contributed by atoms with E-state index in [0.29, 0.717) is 16.8 Å². The van der Waals surface area contributed by atoms with Crippen LogP contribution in [0, 0.1) is 17.0 Å². The quantitative estimate of drug-likeness (QED) is 0.440. The number of esters is 1. The van der Waals surface area contributed by atoms with Crippen LogP contribution < -0.4 is 5.32 Å². The van der Waals surface area contributed by atoms with Gasteiger partial charge in [-0.3, -0.25) is 14.9 Å². The van der Waals surface area contributed by atoms with E-state index in [1.807, 2.05) is 13.0 Å². The highest BCUT2D eigenvalue weighted by molar-refractivity contribution is 6.08. The maximum absolute atomic E-state index is 12.7. The number of benzene rings is 2. The van der Waals surface area contributed by atoms with Crippen LogP contribution in [-0.2, 0) is 14.3 Å². The summed E-state index contributed by atoms with van der Waals surface area (Å²) in [6.45, 7) is 3.48. The minimum absolute atomic E-state index is 0.0293. The lowest BCUT2D eigenvalue weighted by molar-refractivity contribution is -0.384. The van der Waals surface area contributed by atoms with Crippen LogP contribution in [0.3, 0.4) is 0 Å². The van der Waals surface area contributed by atoms with Crippen molar-refractivity contribution in [3.63, 3.8) is 0 Å². The predicted octanol–water partition coefficient (Wildman–Crippen LogP) is 2.95. The fraction of sp³-hybridized carbons (Fsp3) is 0.238. The summed E-state index contributed by atoms with van der Waals surface area (Å²) < 4.78 is 5.04. The van der Waals surface area contributed by atoms with Gasteiger partial charge in [0, 0.05) is 17.8 Å². The van der Waals surface area contributed by atoms with E-state index in [1.54, 1.807) is 19.1 Å². The first-order valence-corrected chi connectivity index (χ1v) is 9.01. The third kappa shape index (κ3) is 3.88. The van der Waals surface area contributed by atoms with E-state index >= 15 is 0 Å². The SMILES string of the molecule is CCOC(=O)C(O)(/C=C/c1ccc([N+](=O)[O-])cc1)C1C(=O)Nc2ccc(C)cc21. The van der Waals surface area contributed by atoms with Crippen LogP contribution in [0.1, 0.15) is 29.5 Å². The summed E-state index contributed by atoms with van der Waals surface area (Å²) in [5.74, 6) is -2.66. The van der Waals surface area contributed by atoms with E-state index in [0.717, 1.165) is 5.56 Å². The van der Waals surface area contributed by atoms with Crippen molar-refractivity contribution in [2.45, 2.75) is 25.4 Å². The summed E-state index contributed by atoms with van der Waals surface area (Å²) in [6.07, 6.45) is 2.63. The Bertz CT molecular complexity index is 999. The van der Waals surface area contributed by atoms with E-state index in [9.17, 15) is 24.8 Å². The second-order valence-electron chi connectivity index (χ2n) is 6.74. The number of hydrogen-bond acceptors (Lipinski definition) is 6. The topological polar surface area (TPSA) is 119 Å². The van der Waals surface area contributed by atoms with Gasteiger partial charge in [0.15, 0.2) is 5.60 Å². The van der Waals surface area contributed by atoms with Crippen molar-refractivity contribution in [1.82, 2.24) is 0 Å². The lowest BCUT2D eigenvalue weighted by atomic mass is 9.81. The van der Waals surface area contributed by atoms with Crippen LogP contribution in [0.2, 0.25) is 0 Å². The van der Waals surface area contributed by atoms with E-state index in [-0.39, 0.29) is 12.3 Å². The molecule has 0 saturated heterocycles. The van der Waals surface area contributed by atoms with Crippen molar-refractivity contribution in [1.29, 1.82) is 0 Å². The molecule has 29 heavy (non-hydrogen) atoms. The standard InChI is InChI=1S/C21H20N2O6/c1-3-29-20(25)21(26,11-10-14-5-7-15(8-6-14)23(27)28)18-16-12-13(2)4-9-17(16)22-19(18)24/h4-12,18,26H,3H2,1-2H3,(H,22,24)/b11-10+. The van der Waals surface area contributed by atoms with Crippen LogP contribution in [-0.4, -0.2) is 34.1 Å². The molecule has 8 nitrogen and oxygen atoms in total. The minimum atomic E-state index is -2.25. The summed E-state index contributed by atoms with van der Waals surface area (Å²) in [5, 5.41) is 24.8. The molecule has 0 saturated carbocycles. The number of aryl methyl sites for hydroxylation is 1. The van der Waals surface area contributed by atoms with Crippen LogP contribution >= 0.6 is 0 Å². The molecule has 1 amide bonds. The Morgan fingerprint density at radius 3 is 2.62 bits per heavy atom. The fourth-order valence-electron chi connectivity index (χ4n) is 3.28. The predicted molar refractivity (Wildman–Crippen MR) is 106 cm³/mol. The largest absolute Gasteiger partial charge is 0.464 e.